The lowest BCUT2D eigenvalue weighted by Gasteiger charge is -2.13. The van der Waals surface area contributed by atoms with Crippen LogP contribution < -0.4 is 14.8 Å². The van der Waals surface area contributed by atoms with Crippen LogP contribution in [0.25, 0.3) is 0 Å². The number of benzene rings is 2. The molecule has 0 atom stereocenters. The highest BCUT2D eigenvalue weighted by Gasteiger charge is 2.16. The summed E-state index contributed by atoms with van der Waals surface area (Å²) in [6, 6.07) is 13.2. The van der Waals surface area contributed by atoms with Crippen LogP contribution in [0.1, 0.15) is 19.4 Å². The maximum Gasteiger partial charge on any atom is 0.261 e. The molecule has 0 saturated heterocycles. The van der Waals surface area contributed by atoms with Gasteiger partial charge in [0.25, 0.3) is 15.9 Å². The molecule has 2 rings (SSSR count). The fraction of sp³-hybridized carbons (Fsp3) is 0.278. The van der Waals surface area contributed by atoms with Gasteiger partial charge in [-0.05, 0) is 56.7 Å². The highest BCUT2D eigenvalue weighted by molar-refractivity contribution is 7.92. The van der Waals surface area contributed by atoms with Crippen LogP contribution in [0.2, 0.25) is 0 Å². The molecule has 2 N–H and O–H groups in total. The highest BCUT2D eigenvalue weighted by atomic mass is 32.2. The van der Waals surface area contributed by atoms with Crippen LogP contribution in [0.3, 0.4) is 0 Å². The van der Waals surface area contributed by atoms with Gasteiger partial charge in [-0.3, -0.25) is 9.52 Å². The van der Waals surface area contributed by atoms with E-state index in [9.17, 15) is 13.2 Å². The molecule has 0 aliphatic rings. The van der Waals surface area contributed by atoms with Crippen molar-refractivity contribution in [2.24, 2.45) is 0 Å². The molecule has 0 fully saturated rings. The van der Waals surface area contributed by atoms with Gasteiger partial charge >= 0.3 is 0 Å². The third kappa shape index (κ3) is 5.49. The molecule has 0 spiro atoms. The van der Waals surface area contributed by atoms with Crippen molar-refractivity contribution in [3.05, 3.63) is 54.1 Å². The van der Waals surface area contributed by atoms with E-state index in [1.165, 1.54) is 12.1 Å². The van der Waals surface area contributed by atoms with Gasteiger partial charge in [-0.15, -0.1) is 0 Å². The normalized spacial score (nSPS) is 11.2. The first-order valence-electron chi connectivity index (χ1n) is 7.88. The van der Waals surface area contributed by atoms with Crippen molar-refractivity contribution in [3.8, 4) is 5.75 Å². The molecule has 0 saturated carbocycles. The maximum atomic E-state index is 12.4. The summed E-state index contributed by atoms with van der Waals surface area (Å²) in [5.74, 6) is 0.245. The molecule has 25 heavy (non-hydrogen) atoms. The second-order valence-electron chi connectivity index (χ2n) is 5.91. The summed E-state index contributed by atoms with van der Waals surface area (Å²) < 4.78 is 32.9. The molecule has 2 aromatic rings. The van der Waals surface area contributed by atoms with Crippen LogP contribution in [0.15, 0.2) is 53.4 Å². The van der Waals surface area contributed by atoms with E-state index in [-0.39, 0.29) is 23.5 Å². The molecule has 0 aliphatic heterocycles. The van der Waals surface area contributed by atoms with Gasteiger partial charge in [-0.1, -0.05) is 18.2 Å². The summed E-state index contributed by atoms with van der Waals surface area (Å²) >= 11 is 0. The van der Waals surface area contributed by atoms with Crippen molar-refractivity contribution in [1.29, 1.82) is 0 Å². The lowest BCUT2D eigenvalue weighted by Crippen LogP contribution is -2.34. The van der Waals surface area contributed by atoms with Crippen LogP contribution in [0, 0.1) is 6.92 Å². The molecule has 0 aromatic heterocycles. The molecule has 0 bridgehead atoms. The molecule has 0 unspecified atom stereocenters. The second-order valence-corrected chi connectivity index (χ2v) is 7.59. The van der Waals surface area contributed by atoms with Crippen molar-refractivity contribution in [1.82, 2.24) is 5.32 Å². The summed E-state index contributed by atoms with van der Waals surface area (Å²) in [4.78, 5) is 11.8. The van der Waals surface area contributed by atoms with Crippen LogP contribution in [0.4, 0.5) is 5.69 Å². The number of para-hydroxylation sites is 1. The number of hydrogen-bond donors (Lipinski definition) is 2. The van der Waals surface area contributed by atoms with Crippen molar-refractivity contribution < 1.29 is 17.9 Å². The summed E-state index contributed by atoms with van der Waals surface area (Å²) in [5.41, 5.74) is 1.12. The molecular formula is C18H22N2O4S. The monoisotopic (exact) mass is 362 g/mol. The van der Waals surface area contributed by atoms with E-state index in [0.29, 0.717) is 17.0 Å². The third-order valence-electron chi connectivity index (χ3n) is 3.29. The standard InChI is InChI=1S/C18H22N2O4S/c1-13(2)19-18(21)12-24-17-10-9-16(11-14(17)3)25(22,23)20-15-7-5-4-6-8-15/h4-11,13,20H,12H2,1-3H3,(H,19,21). The van der Waals surface area contributed by atoms with Crippen molar-refractivity contribution >= 4 is 21.6 Å². The Hall–Kier alpha value is -2.54. The first-order valence-corrected chi connectivity index (χ1v) is 9.37. The van der Waals surface area contributed by atoms with Gasteiger partial charge in [0, 0.05) is 11.7 Å². The van der Waals surface area contributed by atoms with E-state index < -0.39 is 10.0 Å². The van der Waals surface area contributed by atoms with Crippen LogP contribution >= 0.6 is 0 Å². The van der Waals surface area contributed by atoms with Gasteiger partial charge in [0.1, 0.15) is 5.75 Å². The van der Waals surface area contributed by atoms with Crippen molar-refractivity contribution in [2.45, 2.75) is 31.7 Å². The Kier molecular flexibility index (Phi) is 6.03. The molecule has 0 aliphatic carbocycles. The van der Waals surface area contributed by atoms with Gasteiger partial charge in [0.2, 0.25) is 0 Å². The minimum Gasteiger partial charge on any atom is -0.484 e. The lowest BCUT2D eigenvalue weighted by molar-refractivity contribution is -0.123. The number of nitrogens with one attached hydrogen (secondary N) is 2. The number of aryl methyl sites for hydroxylation is 1. The molecule has 0 radical (unpaired) electrons. The van der Waals surface area contributed by atoms with Crippen molar-refractivity contribution in [3.63, 3.8) is 0 Å². The number of ether oxygens (including phenoxy) is 1. The predicted octanol–water partition coefficient (Wildman–Crippen LogP) is 2.70. The van der Waals surface area contributed by atoms with Crippen LogP contribution in [-0.2, 0) is 14.8 Å². The summed E-state index contributed by atoms with van der Waals surface area (Å²) in [6.07, 6.45) is 0. The SMILES string of the molecule is Cc1cc(S(=O)(=O)Nc2ccccc2)ccc1OCC(=O)NC(C)C. The van der Waals surface area contributed by atoms with Gasteiger partial charge < -0.3 is 10.1 Å². The fourth-order valence-corrected chi connectivity index (χ4v) is 3.32. The second kappa shape index (κ2) is 8.02. The maximum absolute atomic E-state index is 12.4. The molecular weight excluding hydrogens is 340 g/mol. The smallest absolute Gasteiger partial charge is 0.261 e. The zero-order chi connectivity index (χ0) is 18.4. The minimum atomic E-state index is -3.68. The average molecular weight is 362 g/mol. The third-order valence-corrected chi connectivity index (χ3v) is 4.67. The Morgan fingerprint density at radius 1 is 1.12 bits per heavy atom. The Bertz CT molecular complexity index is 833. The van der Waals surface area contributed by atoms with Gasteiger partial charge in [-0.2, -0.15) is 0 Å². The zero-order valence-electron chi connectivity index (χ0n) is 14.4. The van der Waals surface area contributed by atoms with Crippen molar-refractivity contribution in [2.75, 3.05) is 11.3 Å². The number of rotatable bonds is 7. The molecule has 2 aromatic carbocycles. The molecule has 0 heterocycles. The highest BCUT2D eigenvalue weighted by Crippen LogP contribution is 2.23. The summed E-state index contributed by atoms with van der Waals surface area (Å²) in [7, 11) is -3.68. The molecule has 134 valence electrons. The Labute approximate surface area is 148 Å². The van der Waals surface area contributed by atoms with E-state index in [0.717, 1.165) is 0 Å². The Morgan fingerprint density at radius 2 is 1.80 bits per heavy atom. The molecule has 1 amide bonds. The topological polar surface area (TPSA) is 84.5 Å². The van der Waals surface area contributed by atoms with Gasteiger partial charge in [0.05, 0.1) is 4.90 Å². The number of carbonyl (C=O) groups is 1. The van der Waals surface area contributed by atoms with Gasteiger partial charge in [0.15, 0.2) is 6.61 Å². The van der Waals surface area contributed by atoms with Gasteiger partial charge in [-0.25, -0.2) is 8.42 Å². The minimum absolute atomic E-state index is 0.0359. The first-order chi connectivity index (χ1) is 11.8. The Morgan fingerprint density at radius 3 is 2.40 bits per heavy atom. The van der Waals surface area contributed by atoms with E-state index in [1.807, 2.05) is 19.9 Å². The molecule has 6 nitrogen and oxygen atoms in total. The number of hydrogen-bond acceptors (Lipinski definition) is 4. The first kappa shape index (κ1) is 18.8. The number of carbonyl (C=O) groups excluding carboxylic acids is 1. The van der Waals surface area contributed by atoms with E-state index >= 15 is 0 Å². The average Bonchev–Trinajstić information content (AvgIpc) is 2.53. The van der Waals surface area contributed by atoms with E-state index in [1.54, 1.807) is 37.3 Å². The number of anilines is 1. The van der Waals surface area contributed by atoms with Crippen LogP contribution in [0.5, 0.6) is 5.75 Å². The van der Waals surface area contributed by atoms with E-state index in [2.05, 4.69) is 10.0 Å². The quantitative estimate of drug-likeness (QED) is 0.793. The predicted molar refractivity (Wildman–Crippen MR) is 97.2 cm³/mol. The number of amides is 1. The Balaban J connectivity index is 2.09. The number of sulfonamides is 1. The molecule has 7 heteroatoms. The van der Waals surface area contributed by atoms with Crippen LogP contribution in [-0.4, -0.2) is 27.0 Å². The summed E-state index contributed by atoms with van der Waals surface area (Å²) in [5, 5.41) is 2.73. The zero-order valence-corrected chi connectivity index (χ0v) is 15.3. The largest absolute Gasteiger partial charge is 0.484 e. The fourth-order valence-electron chi connectivity index (χ4n) is 2.18. The van der Waals surface area contributed by atoms with E-state index in [4.69, 9.17) is 4.74 Å². The lowest BCUT2D eigenvalue weighted by atomic mass is 10.2. The summed E-state index contributed by atoms with van der Waals surface area (Å²) in [6.45, 7) is 5.34.